The quantitative estimate of drug-likeness (QED) is 0.745. The van der Waals surface area contributed by atoms with Gasteiger partial charge in [-0.1, -0.05) is 6.92 Å². The summed E-state index contributed by atoms with van der Waals surface area (Å²) in [4.78, 5) is 23.9. The van der Waals surface area contributed by atoms with Crippen molar-refractivity contribution in [2.75, 3.05) is 7.05 Å². The summed E-state index contributed by atoms with van der Waals surface area (Å²) in [5.41, 5.74) is 0. The number of carbonyl (C=O) groups excluding carboxylic acids is 1. The van der Waals surface area contributed by atoms with Crippen LogP contribution in [-0.2, 0) is 4.79 Å². The Kier molecular flexibility index (Phi) is 4.15. The van der Waals surface area contributed by atoms with Crippen LogP contribution >= 0.6 is 0 Å². The number of amides is 2. The molecule has 16 heavy (non-hydrogen) atoms. The Hall–Kier alpha value is -1.26. The first-order chi connectivity index (χ1) is 7.47. The van der Waals surface area contributed by atoms with Gasteiger partial charge in [-0.2, -0.15) is 0 Å². The molecule has 5 heteroatoms. The predicted molar refractivity (Wildman–Crippen MR) is 60.2 cm³/mol. The Morgan fingerprint density at radius 3 is 2.44 bits per heavy atom. The van der Waals surface area contributed by atoms with Gasteiger partial charge in [-0.25, -0.2) is 9.59 Å². The summed E-state index contributed by atoms with van der Waals surface area (Å²) < 4.78 is 0. The van der Waals surface area contributed by atoms with Gasteiger partial charge in [-0.3, -0.25) is 0 Å². The summed E-state index contributed by atoms with van der Waals surface area (Å²) in [5, 5.41) is 11.8. The largest absolute Gasteiger partial charge is 0.480 e. The number of nitrogens with zero attached hydrogens (tertiary/aromatic N) is 1. The number of carboxylic acid groups (broad SMARTS) is 1. The second-order valence-corrected chi connectivity index (χ2v) is 4.45. The van der Waals surface area contributed by atoms with E-state index in [9.17, 15) is 9.59 Å². The van der Waals surface area contributed by atoms with Crippen molar-refractivity contribution in [3.63, 3.8) is 0 Å². The van der Waals surface area contributed by atoms with E-state index in [2.05, 4.69) is 5.32 Å². The number of carboxylic acids is 1. The second-order valence-electron chi connectivity index (χ2n) is 4.45. The third-order valence-electron chi connectivity index (χ3n) is 3.14. The minimum atomic E-state index is -0.959. The van der Waals surface area contributed by atoms with Gasteiger partial charge in [0.1, 0.15) is 6.04 Å². The summed E-state index contributed by atoms with van der Waals surface area (Å²) in [7, 11) is 1.53. The molecule has 2 amide bonds. The van der Waals surface area contributed by atoms with Gasteiger partial charge < -0.3 is 15.3 Å². The molecule has 1 fully saturated rings. The third-order valence-corrected chi connectivity index (χ3v) is 3.14. The van der Waals surface area contributed by atoms with Gasteiger partial charge in [-0.15, -0.1) is 0 Å². The minimum Gasteiger partial charge on any atom is -0.480 e. The van der Waals surface area contributed by atoms with Crippen molar-refractivity contribution in [2.45, 2.75) is 45.2 Å². The molecular weight excluding hydrogens is 208 g/mol. The van der Waals surface area contributed by atoms with E-state index in [0.29, 0.717) is 12.3 Å². The zero-order valence-electron chi connectivity index (χ0n) is 10.1. The first-order valence-electron chi connectivity index (χ1n) is 5.73. The highest BCUT2D eigenvalue weighted by Crippen LogP contribution is 2.32. The molecule has 5 nitrogen and oxygen atoms in total. The van der Waals surface area contributed by atoms with Crippen LogP contribution in [0.5, 0.6) is 0 Å². The molecule has 0 bridgehead atoms. The molecule has 92 valence electrons. The maximum atomic E-state index is 11.7. The molecule has 0 saturated heterocycles. The maximum Gasteiger partial charge on any atom is 0.326 e. The van der Waals surface area contributed by atoms with Crippen molar-refractivity contribution in [1.82, 2.24) is 10.2 Å². The SMILES string of the molecule is CCC(C(=O)O)N(C)C(=O)NC(C)C1CC1. The van der Waals surface area contributed by atoms with Crippen LogP contribution in [0, 0.1) is 5.92 Å². The lowest BCUT2D eigenvalue weighted by Crippen LogP contribution is -2.49. The van der Waals surface area contributed by atoms with E-state index in [4.69, 9.17) is 5.11 Å². The number of urea groups is 1. The van der Waals surface area contributed by atoms with Gasteiger partial charge in [-0.05, 0) is 32.1 Å². The standard InChI is InChI=1S/C11H20N2O3/c1-4-9(10(14)15)13(3)11(16)12-7(2)8-5-6-8/h7-9H,4-6H2,1-3H3,(H,12,16)(H,14,15). The average molecular weight is 228 g/mol. The van der Waals surface area contributed by atoms with E-state index in [0.717, 1.165) is 12.8 Å². The van der Waals surface area contributed by atoms with E-state index in [1.165, 1.54) is 11.9 Å². The Morgan fingerprint density at radius 2 is 2.06 bits per heavy atom. The number of likely N-dealkylation sites (N-methyl/N-ethyl adjacent to an activating group) is 1. The lowest BCUT2D eigenvalue weighted by atomic mass is 10.2. The maximum absolute atomic E-state index is 11.7. The molecular formula is C11H20N2O3. The van der Waals surface area contributed by atoms with E-state index < -0.39 is 12.0 Å². The number of rotatable bonds is 5. The highest BCUT2D eigenvalue weighted by molar-refractivity contribution is 5.82. The molecule has 0 spiro atoms. The van der Waals surface area contributed by atoms with Gasteiger partial charge in [0.05, 0.1) is 0 Å². The zero-order valence-corrected chi connectivity index (χ0v) is 10.1. The number of aliphatic carboxylic acids is 1. The van der Waals surface area contributed by atoms with Crippen LogP contribution in [0.2, 0.25) is 0 Å². The van der Waals surface area contributed by atoms with Crippen LogP contribution in [0.4, 0.5) is 4.79 Å². The van der Waals surface area contributed by atoms with E-state index in [-0.39, 0.29) is 12.1 Å². The van der Waals surface area contributed by atoms with Crippen LogP contribution in [0.15, 0.2) is 0 Å². The molecule has 1 saturated carbocycles. The smallest absolute Gasteiger partial charge is 0.326 e. The topological polar surface area (TPSA) is 69.6 Å². The van der Waals surface area contributed by atoms with E-state index in [1.807, 2.05) is 6.92 Å². The fraction of sp³-hybridized carbons (Fsp3) is 0.818. The minimum absolute atomic E-state index is 0.140. The van der Waals surface area contributed by atoms with Gasteiger partial charge in [0.15, 0.2) is 0 Å². The van der Waals surface area contributed by atoms with Crippen LogP contribution in [0.25, 0.3) is 0 Å². The molecule has 0 aromatic heterocycles. The molecule has 0 radical (unpaired) electrons. The van der Waals surface area contributed by atoms with Gasteiger partial charge in [0.25, 0.3) is 0 Å². The summed E-state index contributed by atoms with van der Waals surface area (Å²) in [5.74, 6) is -0.388. The normalized spacial score (nSPS) is 18.7. The highest BCUT2D eigenvalue weighted by Gasteiger charge is 2.31. The molecule has 1 aliphatic carbocycles. The molecule has 0 aromatic carbocycles. The Labute approximate surface area is 95.8 Å². The van der Waals surface area contributed by atoms with Crippen molar-refractivity contribution < 1.29 is 14.7 Å². The van der Waals surface area contributed by atoms with Crippen molar-refractivity contribution in [1.29, 1.82) is 0 Å². The van der Waals surface area contributed by atoms with Gasteiger partial charge in [0.2, 0.25) is 0 Å². The number of carbonyl (C=O) groups is 2. The van der Waals surface area contributed by atoms with Crippen LogP contribution in [0.1, 0.15) is 33.1 Å². The third kappa shape index (κ3) is 3.12. The first kappa shape index (κ1) is 12.8. The Morgan fingerprint density at radius 1 is 1.50 bits per heavy atom. The molecule has 1 rings (SSSR count). The summed E-state index contributed by atoms with van der Waals surface area (Å²) in [6.07, 6.45) is 2.72. The molecule has 0 aliphatic heterocycles. The van der Waals surface area contributed by atoms with Crippen molar-refractivity contribution in [2.24, 2.45) is 5.92 Å². The summed E-state index contributed by atoms with van der Waals surface area (Å²) >= 11 is 0. The van der Waals surface area contributed by atoms with Crippen LogP contribution in [-0.4, -0.2) is 41.1 Å². The van der Waals surface area contributed by atoms with E-state index in [1.54, 1.807) is 6.92 Å². The molecule has 2 atom stereocenters. The molecule has 0 aromatic rings. The fourth-order valence-corrected chi connectivity index (χ4v) is 1.77. The van der Waals surface area contributed by atoms with Gasteiger partial charge in [0, 0.05) is 13.1 Å². The number of nitrogens with one attached hydrogen (secondary N) is 1. The van der Waals surface area contributed by atoms with Crippen molar-refractivity contribution in [3.8, 4) is 0 Å². The Balaban J connectivity index is 2.47. The highest BCUT2D eigenvalue weighted by atomic mass is 16.4. The lowest BCUT2D eigenvalue weighted by molar-refractivity contribution is -0.141. The predicted octanol–water partition coefficient (Wildman–Crippen LogP) is 1.29. The zero-order chi connectivity index (χ0) is 12.3. The summed E-state index contributed by atoms with van der Waals surface area (Å²) in [6.45, 7) is 3.72. The lowest BCUT2D eigenvalue weighted by Gasteiger charge is -2.26. The number of hydrogen-bond donors (Lipinski definition) is 2. The molecule has 2 unspecified atom stereocenters. The second kappa shape index (κ2) is 5.18. The van der Waals surface area contributed by atoms with Crippen LogP contribution < -0.4 is 5.32 Å². The van der Waals surface area contributed by atoms with E-state index >= 15 is 0 Å². The van der Waals surface area contributed by atoms with Crippen LogP contribution in [0.3, 0.4) is 0 Å². The first-order valence-corrected chi connectivity index (χ1v) is 5.73. The van der Waals surface area contributed by atoms with Crippen molar-refractivity contribution in [3.05, 3.63) is 0 Å². The summed E-state index contributed by atoms with van der Waals surface area (Å²) in [6, 6.07) is -0.902. The fourth-order valence-electron chi connectivity index (χ4n) is 1.77. The molecule has 2 N–H and O–H groups in total. The molecule has 1 aliphatic rings. The average Bonchev–Trinajstić information content (AvgIpc) is 3.00. The van der Waals surface area contributed by atoms with Crippen molar-refractivity contribution >= 4 is 12.0 Å². The van der Waals surface area contributed by atoms with Gasteiger partial charge >= 0.3 is 12.0 Å². The monoisotopic (exact) mass is 228 g/mol. The molecule has 0 heterocycles. The number of hydrogen-bond acceptors (Lipinski definition) is 2. The Bertz CT molecular complexity index is 276.